The van der Waals surface area contributed by atoms with Crippen molar-refractivity contribution < 1.29 is 14.4 Å². The van der Waals surface area contributed by atoms with Crippen molar-refractivity contribution in [1.29, 1.82) is 0 Å². The third kappa shape index (κ3) is 4.75. The molecular weight excluding hydrogens is 346 g/mol. The van der Waals surface area contributed by atoms with Crippen molar-refractivity contribution in [2.75, 3.05) is 13.1 Å². The van der Waals surface area contributed by atoms with Gasteiger partial charge in [-0.05, 0) is 20.3 Å². The first kappa shape index (κ1) is 19.6. The summed E-state index contributed by atoms with van der Waals surface area (Å²) in [6, 6.07) is -0.202. The highest BCUT2D eigenvalue weighted by atomic mass is 16.5. The number of imidazole rings is 1. The summed E-state index contributed by atoms with van der Waals surface area (Å²) in [6.07, 6.45) is 5.03. The van der Waals surface area contributed by atoms with Gasteiger partial charge in [-0.25, -0.2) is 4.98 Å². The second kappa shape index (κ2) is 8.67. The molecular formula is C19H29N5O3. The highest BCUT2D eigenvalue weighted by Crippen LogP contribution is 2.19. The maximum absolute atomic E-state index is 12.3. The van der Waals surface area contributed by atoms with Gasteiger partial charge in [0.1, 0.15) is 11.6 Å². The van der Waals surface area contributed by atoms with Gasteiger partial charge in [-0.1, -0.05) is 12.1 Å². The van der Waals surface area contributed by atoms with E-state index in [1.807, 2.05) is 31.5 Å². The molecule has 1 aliphatic rings. The molecule has 27 heavy (non-hydrogen) atoms. The average Bonchev–Trinajstić information content (AvgIpc) is 3.23. The summed E-state index contributed by atoms with van der Waals surface area (Å²) in [6.45, 7) is 8.54. The van der Waals surface area contributed by atoms with Gasteiger partial charge in [-0.3, -0.25) is 9.69 Å². The van der Waals surface area contributed by atoms with Crippen LogP contribution in [-0.2, 0) is 24.3 Å². The van der Waals surface area contributed by atoms with Gasteiger partial charge in [-0.2, -0.15) is 0 Å². The van der Waals surface area contributed by atoms with Gasteiger partial charge in [-0.15, -0.1) is 0 Å². The zero-order valence-electron chi connectivity index (χ0n) is 16.3. The van der Waals surface area contributed by atoms with Crippen LogP contribution in [0.1, 0.15) is 42.6 Å². The number of carbonyl (C=O) groups is 1. The van der Waals surface area contributed by atoms with Crippen LogP contribution >= 0.6 is 0 Å². The molecule has 0 aliphatic carbocycles. The maximum Gasteiger partial charge on any atom is 0.222 e. The number of carbonyl (C=O) groups excluding carboxylic acids is 1. The molecule has 0 saturated carbocycles. The number of rotatable bonds is 7. The molecule has 3 rings (SSSR count). The normalized spacial score (nSPS) is 20.7. The van der Waals surface area contributed by atoms with Gasteiger partial charge >= 0.3 is 0 Å². The molecule has 8 nitrogen and oxygen atoms in total. The minimum atomic E-state index is -0.581. The minimum Gasteiger partial charge on any atom is -0.390 e. The lowest BCUT2D eigenvalue weighted by Crippen LogP contribution is -2.53. The number of β-amino-alcohol motifs (C(OH)–C–C–N with tert-alkyl or cyclic N) is 1. The summed E-state index contributed by atoms with van der Waals surface area (Å²) in [7, 11) is 0. The number of aliphatic hydroxyl groups is 1. The lowest BCUT2D eigenvalue weighted by Gasteiger charge is -2.36. The number of aromatic nitrogens is 3. The van der Waals surface area contributed by atoms with Crippen LogP contribution in [0.15, 0.2) is 16.9 Å². The standard InChI is InChI=1S/C19H29N5O3/c1-4-18-20-7-10-24(18)9-6-19(26)21-16-5-8-23(12-17(16)25)11-15-13(2)22-27-14(15)3/h7,10,16-17,25H,4-6,8-9,11-12H2,1-3H3,(H,21,26)/t16-,17-/m1/s1. The van der Waals surface area contributed by atoms with E-state index in [0.29, 0.717) is 26.1 Å². The lowest BCUT2D eigenvalue weighted by atomic mass is 10.0. The first-order valence-corrected chi connectivity index (χ1v) is 9.59. The van der Waals surface area contributed by atoms with Gasteiger partial charge in [0.15, 0.2) is 0 Å². The summed E-state index contributed by atoms with van der Waals surface area (Å²) in [5.41, 5.74) is 1.97. The van der Waals surface area contributed by atoms with Crippen LogP contribution in [0, 0.1) is 13.8 Å². The predicted molar refractivity (Wildman–Crippen MR) is 100 cm³/mol. The molecule has 1 fully saturated rings. The van der Waals surface area contributed by atoms with Gasteiger partial charge in [0.2, 0.25) is 5.91 Å². The number of piperidine rings is 1. The SMILES string of the molecule is CCc1nccn1CCC(=O)N[C@@H]1CCN(Cc2c(C)noc2C)C[C@H]1O. The molecule has 3 heterocycles. The highest BCUT2D eigenvalue weighted by Gasteiger charge is 2.29. The molecule has 1 aliphatic heterocycles. The molecule has 0 radical (unpaired) electrons. The molecule has 2 aromatic heterocycles. The second-order valence-electron chi connectivity index (χ2n) is 7.21. The van der Waals surface area contributed by atoms with Crippen molar-refractivity contribution >= 4 is 5.91 Å². The topological polar surface area (TPSA) is 96.4 Å². The third-order valence-corrected chi connectivity index (χ3v) is 5.27. The molecule has 2 atom stereocenters. The zero-order chi connectivity index (χ0) is 19.4. The first-order valence-electron chi connectivity index (χ1n) is 9.59. The zero-order valence-corrected chi connectivity index (χ0v) is 16.3. The van der Waals surface area contributed by atoms with Crippen LogP contribution in [0.2, 0.25) is 0 Å². The van der Waals surface area contributed by atoms with E-state index in [1.165, 1.54) is 0 Å². The number of amides is 1. The molecule has 0 aromatic carbocycles. The molecule has 0 spiro atoms. The Labute approximate surface area is 159 Å². The summed E-state index contributed by atoms with van der Waals surface area (Å²) in [5.74, 6) is 1.77. The van der Waals surface area contributed by atoms with Gasteiger partial charge in [0, 0.05) is 57.0 Å². The van der Waals surface area contributed by atoms with Crippen molar-refractivity contribution in [3.05, 3.63) is 35.2 Å². The van der Waals surface area contributed by atoms with Crippen LogP contribution in [0.4, 0.5) is 0 Å². The Morgan fingerprint density at radius 2 is 2.26 bits per heavy atom. The van der Waals surface area contributed by atoms with Crippen molar-refractivity contribution in [1.82, 2.24) is 24.9 Å². The Hall–Kier alpha value is -2.19. The van der Waals surface area contributed by atoms with Crippen molar-refractivity contribution in [2.45, 2.75) is 65.3 Å². The number of hydrogen-bond acceptors (Lipinski definition) is 6. The fraction of sp³-hybridized carbons (Fsp3) is 0.632. The van der Waals surface area contributed by atoms with E-state index < -0.39 is 6.10 Å². The number of likely N-dealkylation sites (tertiary alicyclic amines) is 1. The van der Waals surface area contributed by atoms with Crippen molar-refractivity contribution in [3.63, 3.8) is 0 Å². The van der Waals surface area contributed by atoms with E-state index in [9.17, 15) is 9.90 Å². The number of aryl methyl sites for hydroxylation is 4. The van der Waals surface area contributed by atoms with Crippen LogP contribution in [0.25, 0.3) is 0 Å². The van der Waals surface area contributed by atoms with Gasteiger partial charge < -0.3 is 19.5 Å². The molecule has 2 aromatic rings. The lowest BCUT2D eigenvalue weighted by molar-refractivity contribution is -0.123. The molecule has 148 valence electrons. The van der Waals surface area contributed by atoms with E-state index in [1.54, 1.807) is 6.20 Å². The predicted octanol–water partition coefficient (Wildman–Crippen LogP) is 1.19. The Kier molecular flexibility index (Phi) is 6.28. The Bertz CT molecular complexity index is 750. The summed E-state index contributed by atoms with van der Waals surface area (Å²) in [5, 5.41) is 17.5. The summed E-state index contributed by atoms with van der Waals surface area (Å²) < 4.78 is 7.21. The summed E-state index contributed by atoms with van der Waals surface area (Å²) >= 11 is 0. The quantitative estimate of drug-likeness (QED) is 0.755. The van der Waals surface area contributed by atoms with Gasteiger partial charge in [0.25, 0.3) is 0 Å². The van der Waals surface area contributed by atoms with Crippen LogP contribution in [-0.4, -0.2) is 55.9 Å². The fourth-order valence-corrected chi connectivity index (χ4v) is 3.62. The second-order valence-corrected chi connectivity index (χ2v) is 7.21. The van der Waals surface area contributed by atoms with Crippen LogP contribution in [0.5, 0.6) is 0 Å². The van der Waals surface area contributed by atoms with Gasteiger partial charge in [0.05, 0.1) is 17.8 Å². The molecule has 2 N–H and O–H groups in total. The molecule has 1 amide bonds. The van der Waals surface area contributed by atoms with Crippen LogP contribution < -0.4 is 5.32 Å². The molecule has 1 saturated heterocycles. The Morgan fingerprint density at radius 3 is 2.93 bits per heavy atom. The minimum absolute atomic E-state index is 0.0334. The van der Waals surface area contributed by atoms with E-state index in [2.05, 4.69) is 20.4 Å². The smallest absolute Gasteiger partial charge is 0.222 e. The maximum atomic E-state index is 12.3. The monoisotopic (exact) mass is 375 g/mol. The fourth-order valence-electron chi connectivity index (χ4n) is 3.62. The first-order chi connectivity index (χ1) is 13.0. The van der Waals surface area contributed by atoms with E-state index in [-0.39, 0.29) is 11.9 Å². The van der Waals surface area contributed by atoms with Crippen LogP contribution in [0.3, 0.4) is 0 Å². The molecule has 0 bridgehead atoms. The largest absolute Gasteiger partial charge is 0.390 e. The number of aliphatic hydroxyl groups excluding tert-OH is 1. The molecule has 0 unspecified atom stereocenters. The highest BCUT2D eigenvalue weighted by molar-refractivity contribution is 5.76. The summed E-state index contributed by atoms with van der Waals surface area (Å²) in [4.78, 5) is 18.7. The Balaban J connectivity index is 1.46. The number of nitrogens with one attached hydrogen (secondary N) is 1. The molecule has 8 heteroatoms. The van der Waals surface area contributed by atoms with E-state index in [0.717, 1.165) is 42.2 Å². The Morgan fingerprint density at radius 1 is 1.44 bits per heavy atom. The number of hydrogen-bond donors (Lipinski definition) is 2. The van der Waals surface area contributed by atoms with Crippen molar-refractivity contribution in [2.24, 2.45) is 0 Å². The third-order valence-electron chi connectivity index (χ3n) is 5.27. The van der Waals surface area contributed by atoms with E-state index >= 15 is 0 Å². The van der Waals surface area contributed by atoms with Crippen molar-refractivity contribution in [3.8, 4) is 0 Å². The van der Waals surface area contributed by atoms with E-state index in [4.69, 9.17) is 4.52 Å². The number of nitrogens with zero attached hydrogens (tertiary/aromatic N) is 4. The average molecular weight is 375 g/mol.